The van der Waals surface area contributed by atoms with Gasteiger partial charge in [0.05, 0.1) is 6.42 Å². The third-order valence-corrected chi connectivity index (χ3v) is 4.62. The molecule has 3 rings (SSSR count). The molecular weight excluding hydrogens is 336 g/mol. The topological polar surface area (TPSA) is 53.4 Å². The van der Waals surface area contributed by atoms with Crippen LogP contribution in [-0.2, 0) is 11.3 Å². The van der Waals surface area contributed by atoms with Gasteiger partial charge in [0.25, 0.3) is 0 Å². The minimum Gasteiger partial charge on any atom is -0.481 e. The van der Waals surface area contributed by atoms with Crippen molar-refractivity contribution in [1.82, 2.24) is 9.88 Å². The van der Waals surface area contributed by atoms with Crippen LogP contribution >= 0.6 is 0 Å². The van der Waals surface area contributed by atoms with E-state index in [0.717, 1.165) is 12.1 Å². The SMILES string of the molecule is O=C(O)CCN(Cc1cccnc1)CC(c1ccccc1)c1ccccc1. The molecule has 0 aliphatic rings. The van der Waals surface area contributed by atoms with Crippen LogP contribution in [0.4, 0.5) is 0 Å². The number of benzene rings is 2. The van der Waals surface area contributed by atoms with Crippen molar-refractivity contribution in [2.24, 2.45) is 0 Å². The smallest absolute Gasteiger partial charge is 0.304 e. The summed E-state index contributed by atoms with van der Waals surface area (Å²) < 4.78 is 0. The molecule has 27 heavy (non-hydrogen) atoms. The van der Waals surface area contributed by atoms with Crippen LogP contribution in [0.1, 0.15) is 29.0 Å². The molecule has 0 spiro atoms. The number of carboxylic acids is 1. The van der Waals surface area contributed by atoms with Gasteiger partial charge in [-0.3, -0.25) is 14.7 Å². The van der Waals surface area contributed by atoms with Crippen molar-refractivity contribution >= 4 is 5.97 Å². The Kier molecular flexibility index (Phi) is 6.72. The lowest BCUT2D eigenvalue weighted by atomic mass is 9.90. The molecule has 0 radical (unpaired) electrons. The Balaban J connectivity index is 1.85. The zero-order valence-electron chi connectivity index (χ0n) is 15.2. The van der Waals surface area contributed by atoms with Gasteiger partial charge in [0, 0.05) is 37.9 Å². The van der Waals surface area contributed by atoms with E-state index in [2.05, 4.69) is 34.1 Å². The fourth-order valence-corrected chi connectivity index (χ4v) is 3.27. The normalized spacial score (nSPS) is 11.0. The fourth-order valence-electron chi connectivity index (χ4n) is 3.27. The van der Waals surface area contributed by atoms with Crippen LogP contribution in [0.25, 0.3) is 0 Å². The van der Waals surface area contributed by atoms with Gasteiger partial charge in [-0.25, -0.2) is 0 Å². The van der Waals surface area contributed by atoms with Crippen molar-refractivity contribution in [3.05, 3.63) is 102 Å². The predicted octanol–water partition coefficient (Wildman–Crippen LogP) is 4.19. The lowest BCUT2D eigenvalue weighted by Crippen LogP contribution is -2.31. The first kappa shape index (κ1) is 18.8. The van der Waals surface area contributed by atoms with E-state index in [1.165, 1.54) is 11.1 Å². The number of carbonyl (C=O) groups is 1. The van der Waals surface area contributed by atoms with Crippen LogP contribution in [-0.4, -0.2) is 34.0 Å². The third kappa shape index (κ3) is 5.76. The molecule has 0 saturated carbocycles. The summed E-state index contributed by atoms with van der Waals surface area (Å²) in [5, 5.41) is 9.16. The molecular formula is C23H24N2O2. The molecule has 1 N–H and O–H groups in total. The molecule has 0 atom stereocenters. The Bertz CT molecular complexity index is 783. The summed E-state index contributed by atoms with van der Waals surface area (Å²) in [7, 11) is 0. The Morgan fingerprint density at radius 3 is 2.07 bits per heavy atom. The lowest BCUT2D eigenvalue weighted by Gasteiger charge is -2.28. The Morgan fingerprint density at radius 2 is 1.56 bits per heavy atom. The zero-order chi connectivity index (χ0) is 18.9. The average molecular weight is 360 g/mol. The molecule has 1 aromatic heterocycles. The molecule has 0 saturated heterocycles. The number of aliphatic carboxylic acids is 1. The van der Waals surface area contributed by atoms with Crippen LogP contribution in [0.3, 0.4) is 0 Å². The molecule has 0 amide bonds. The minimum absolute atomic E-state index is 0.122. The number of nitrogens with zero attached hydrogens (tertiary/aromatic N) is 2. The van der Waals surface area contributed by atoms with E-state index in [9.17, 15) is 4.79 Å². The quantitative estimate of drug-likeness (QED) is 0.622. The highest BCUT2D eigenvalue weighted by molar-refractivity contribution is 5.66. The van der Waals surface area contributed by atoms with Gasteiger partial charge in [0.2, 0.25) is 0 Å². The van der Waals surface area contributed by atoms with Crippen LogP contribution in [0.5, 0.6) is 0 Å². The Hall–Kier alpha value is -2.98. The van der Waals surface area contributed by atoms with Crippen LogP contribution in [0, 0.1) is 0 Å². The first-order chi connectivity index (χ1) is 13.2. The highest BCUT2D eigenvalue weighted by Gasteiger charge is 2.19. The molecule has 0 aliphatic heterocycles. The monoisotopic (exact) mass is 360 g/mol. The second kappa shape index (κ2) is 9.64. The van der Waals surface area contributed by atoms with E-state index in [1.54, 1.807) is 6.20 Å². The van der Waals surface area contributed by atoms with Crippen molar-refractivity contribution in [2.75, 3.05) is 13.1 Å². The predicted molar refractivity (Wildman–Crippen MR) is 106 cm³/mol. The lowest BCUT2D eigenvalue weighted by molar-refractivity contribution is -0.137. The largest absolute Gasteiger partial charge is 0.481 e. The third-order valence-electron chi connectivity index (χ3n) is 4.62. The number of hydrogen-bond donors (Lipinski definition) is 1. The average Bonchev–Trinajstić information content (AvgIpc) is 2.72. The molecule has 0 bridgehead atoms. The van der Waals surface area contributed by atoms with Gasteiger partial charge in [-0.2, -0.15) is 0 Å². The summed E-state index contributed by atoms with van der Waals surface area (Å²) >= 11 is 0. The standard InChI is InChI=1S/C23H24N2O2/c26-23(27)13-15-25(17-19-8-7-14-24-16-19)18-22(20-9-3-1-4-10-20)21-11-5-2-6-12-21/h1-12,14,16,22H,13,15,17-18H2,(H,26,27). The second-order valence-corrected chi connectivity index (χ2v) is 6.61. The highest BCUT2D eigenvalue weighted by atomic mass is 16.4. The van der Waals surface area contributed by atoms with Gasteiger partial charge >= 0.3 is 5.97 Å². The first-order valence-electron chi connectivity index (χ1n) is 9.15. The highest BCUT2D eigenvalue weighted by Crippen LogP contribution is 2.26. The van der Waals surface area contributed by atoms with Crippen molar-refractivity contribution in [3.8, 4) is 0 Å². The van der Waals surface area contributed by atoms with Crippen molar-refractivity contribution in [1.29, 1.82) is 0 Å². The molecule has 3 aromatic rings. The number of pyridine rings is 1. The zero-order valence-corrected chi connectivity index (χ0v) is 15.2. The second-order valence-electron chi connectivity index (χ2n) is 6.61. The number of rotatable bonds is 9. The summed E-state index contributed by atoms with van der Waals surface area (Å²) in [6, 6.07) is 24.7. The van der Waals surface area contributed by atoms with Crippen molar-refractivity contribution < 1.29 is 9.90 Å². The van der Waals surface area contributed by atoms with Gasteiger partial charge in [-0.05, 0) is 22.8 Å². The van der Waals surface area contributed by atoms with Crippen molar-refractivity contribution in [3.63, 3.8) is 0 Å². The summed E-state index contributed by atoms with van der Waals surface area (Å²) in [6.45, 7) is 1.92. The Morgan fingerprint density at radius 1 is 0.926 bits per heavy atom. The van der Waals surface area contributed by atoms with Crippen LogP contribution in [0.2, 0.25) is 0 Å². The van der Waals surface area contributed by atoms with E-state index in [1.807, 2.05) is 54.7 Å². The maximum Gasteiger partial charge on any atom is 0.304 e. The van der Waals surface area contributed by atoms with E-state index >= 15 is 0 Å². The van der Waals surface area contributed by atoms with E-state index in [-0.39, 0.29) is 12.3 Å². The maximum atomic E-state index is 11.1. The number of hydrogen-bond acceptors (Lipinski definition) is 3. The van der Waals surface area contributed by atoms with Crippen LogP contribution < -0.4 is 0 Å². The van der Waals surface area contributed by atoms with E-state index in [0.29, 0.717) is 13.1 Å². The summed E-state index contributed by atoms with van der Waals surface area (Å²) in [5.74, 6) is -0.597. The molecule has 4 nitrogen and oxygen atoms in total. The number of aromatic nitrogens is 1. The molecule has 138 valence electrons. The number of carboxylic acid groups (broad SMARTS) is 1. The maximum absolute atomic E-state index is 11.1. The van der Waals surface area contributed by atoms with Crippen molar-refractivity contribution in [2.45, 2.75) is 18.9 Å². The fraction of sp³-hybridized carbons (Fsp3) is 0.217. The molecule has 1 heterocycles. The van der Waals surface area contributed by atoms with E-state index < -0.39 is 5.97 Å². The molecule has 0 aliphatic carbocycles. The van der Waals surface area contributed by atoms with E-state index in [4.69, 9.17) is 5.11 Å². The van der Waals surface area contributed by atoms with Gasteiger partial charge in [0.1, 0.15) is 0 Å². The summed E-state index contributed by atoms with van der Waals surface area (Å²) in [5.41, 5.74) is 3.55. The minimum atomic E-state index is -0.776. The molecule has 4 heteroatoms. The van der Waals surface area contributed by atoms with Gasteiger partial charge in [-0.1, -0.05) is 66.7 Å². The van der Waals surface area contributed by atoms with Gasteiger partial charge in [-0.15, -0.1) is 0 Å². The molecule has 2 aromatic carbocycles. The molecule has 0 fully saturated rings. The molecule has 0 unspecified atom stereocenters. The van der Waals surface area contributed by atoms with Crippen LogP contribution in [0.15, 0.2) is 85.2 Å². The Labute approximate surface area is 160 Å². The summed E-state index contributed by atoms with van der Waals surface area (Å²) in [6.07, 6.45) is 3.71. The first-order valence-corrected chi connectivity index (χ1v) is 9.15. The van der Waals surface area contributed by atoms with Gasteiger partial charge < -0.3 is 5.11 Å². The summed E-state index contributed by atoms with van der Waals surface area (Å²) in [4.78, 5) is 17.5. The van der Waals surface area contributed by atoms with Gasteiger partial charge in [0.15, 0.2) is 0 Å².